The summed E-state index contributed by atoms with van der Waals surface area (Å²) >= 11 is 5.91. The third kappa shape index (κ3) is 7.20. The van der Waals surface area contributed by atoms with Gasteiger partial charge in [0.2, 0.25) is 11.7 Å². The summed E-state index contributed by atoms with van der Waals surface area (Å²) in [6.45, 7) is 4.10. The van der Waals surface area contributed by atoms with Crippen molar-refractivity contribution in [3.63, 3.8) is 0 Å². The zero-order valence-corrected chi connectivity index (χ0v) is 28.7. The summed E-state index contributed by atoms with van der Waals surface area (Å²) in [7, 11) is -10.0. The summed E-state index contributed by atoms with van der Waals surface area (Å²) in [5.41, 5.74) is 0.470. The Bertz CT molecular complexity index is 2170. The monoisotopic (exact) mass is 759 g/mol. The lowest BCUT2D eigenvalue weighted by atomic mass is 10.1. The lowest BCUT2D eigenvalue weighted by molar-refractivity contribution is -0.116. The second-order valence-corrected chi connectivity index (χ2v) is 14.7. The predicted molar refractivity (Wildman–Crippen MR) is 178 cm³/mol. The van der Waals surface area contributed by atoms with Crippen molar-refractivity contribution >= 4 is 56.4 Å². The molecule has 5 heterocycles. The van der Waals surface area contributed by atoms with Crippen molar-refractivity contribution in [2.45, 2.75) is 38.1 Å². The molecule has 0 radical (unpaired) electrons. The lowest BCUT2D eigenvalue weighted by Crippen LogP contribution is -2.51. The molecule has 14 nitrogen and oxygen atoms in total. The van der Waals surface area contributed by atoms with Crippen LogP contribution in [0, 0.1) is 6.92 Å². The minimum absolute atomic E-state index is 0.00363. The van der Waals surface area contributed by atoms with Crippen LogP contribution in [0.3, 0.4) is 0 Å². The van der Waals surface area contributed by atoms with Gasteiger partial charge in [-0.15, -0.1) is 5.10 Å². The molecule has 2 aliphatic rings. The van der Waals surface area contributed by atoms with Crippen molar-refractivity contribution in [2.24, 2.45) is 0 Å². The van der Waals surface area contributed by atoms with Gasteiger partial charge in [0.25, 0.3) is 11.5 Å². The molecule has 1 saturated heterocycles. The molecule has 0 saturated carbocycles. The Morgan fingerprint density at radius 2 is 1.82 bits per heavy atom. The third-order valence-corrected chi connectivity index (χ3v) is 9.92. The second-order valence-electron chi connectivity index (χ2n) is 11.8. The number of nitrogens with zero attached hydrogens (tertiary/aromatic N) is 8. The van der Waals surface area contributed by atoms with E-state index in [4.69, 9.17) is 16.3 Å². The van der Waals surface area contributed by atoms with Gasteiger partial charge in [-0.25, -0.2) is 9.97 Å². The van der Waals surface area contributed by atoms with Crippen molar-refractivity contribution in [3.05, 3.63) is 68.9 Å². The molecular weight excluding hydrogens is 729 g/mol. The van der Waals surface area contributed by atoms with Crippen molar-refractivity contribution < 1.29 is 38.9 Å². The summed E-state index contributed by atoms with van der Waals surface area (Å²) in [5, 5.41) is 16.4. The molecule has 0 spiro atoms. The Balaban J connectivity index is 1.35. The van der Waals surface area contributed by atoms with Crippen LogP contribution < -0.4 is 15.8 Å². The number of carbonyl (C=O) groups is 2. The van der Waals surface area contributed by atoms with Gasteiger partial charge in [-0.3, -0.25) is 14.4 Å². The maximum Gasteiger partial charge on any atom is 0.310 e. The number of anilines is 2. The van der Waals surface area contributed by atoms with E-state index in [0.717, 1.165) is 4.52 Å². The molecule has 4 aromatic rings. The van der Waals surface area contributed by atoms with E-state index in [0.29, 0.717) is 37.0 Å². The number of halogens is 6. The van der Waals surface area contributed by atoms with Crippen molar-refractivity contribution in [1.82, 2.24) is 34.0 Å². The summed E-state index contributed by atoms with van der Waals surface area (Å²) in [6.07, 6.45) is 3.62. The fourth-order valence-electron chi connectivity index (χ4n) is 5.87. The zero-order chi connectivity index (χ0) is 36.9. The van der Waals surface area contributed by atoms with E-state index in [2.05, 4.69) is 25.4 Å². The SMILES string of the molecule is CCc1c(N2CCN(C(=O)c3ncnc(C)c3O)CC2)c(=O)n2nc(C3=CCOCC3)nc2n1CC(=O)Nc1ccc(S(F)(F)(F)(F)F)cc1Cl. The number of aryl methyl sites for hydroxylation is 1. The fraction of sp³-hybridized carbons (Fsp3) is 0.367. The lowest BCUT2D eigenvalue weighted by Gasteiger charge is -2.40. The van der Waals surface area contributed by atoms with Crippen LogP contribution >= 0.6 is 21.8 Å². The molecule has 3 aromatic heterocycles. The molecule has 0 unspecified atom stereocenters. The average Bonchev–Trinajstić information content (AvgIpc) is 3.53. The summed E-state index contributed by atoms with van der Waals surface area (Å²) < 4.78 is 74.5. The number of amides is 2. The van der Waals surface area contributed by atoms with Gasteiger partial charge in [0.1, 0.15) is 23.5 Å². The molecule has 0 aliphatic carbocycles. The van der Waals surface area contributed by atoms with Crippen molar-refractivity contribution in [2.75, 3.05) is 49.6 Å². The first-order valence-corrected chi connectivity index (χ1v) is 17.9. The number of carbonyl (C=O) groups excluding carboxylic acids is 2. The number of rotatable bonds is 8. The quantitative estimate of drug-likeness (QED) is 0.235. The molecule has 0 bridgehead atoms. The topological polar surface area (TPSA) is 160 Å². The number of hydrogen-bond donors (Lipinski definition) is 2. The summed E-state index contributed by atoms with van der Waals surface area (Å²) in [6, 6.07) is 0.826. The molecule has 2 amide bonds. The number of benzene rings is 1. The Labute approximate surface area is 291 Å². The van der Waals surface area contributed by atoms with E-state index in [-0.39, 0.29) is 84.8 Å². The van der Waals surface area contributed by atoms with Gasteiger partial charge in [-0.1, -0.05) is 44.0 Å². The normalized spacial score (nSPS) is 16.8. The second kappa shape index (κ2) is 12.4. The molecule has 274 valence electrons. The van der Waals surface area contributed by atoms with E-state index in [1.54, 1.807) is 17.9 Å². The number of piperazine rings is 1. The van der Waals surface area contributed by atoms with E-state index >= 15 is 0 Å². The molecule has 51 heavy (non-hydrogen) atoms. The highest BCUT2D eigenvalue weighted by Gasteiger charge is 2.65. The molecule has 2 aliphatic heterocycles. The molecule has 0 atom stereocenters. The van der Waals surface area contributed by atoms with E-state index in [1.165, 1.54) is 22.7 Å². The molecule has 6 rings (SSSR count). The van der Waals surface area contributed by atoms with Gasteiger partial charge in [0, 0.05) is 26.2 Å². The highest BCUT2D eigenvalue weighted by atomic mass is 35.5. The minimum atomic E-state index is -10.0. The van der Waals surface area contributed by atoms with Gasteiger partial charge in [0.05, 0.1) is 35.3 Å². The zero-order valence-electron chi connectivity index (χ0n) is 27.1. The maximum absolute atomic E-state index is 14.1. The van der Waals surface area contributed by atoms with Crippen LogP contribution in [-0.2, 0) is 22.5 Å². The third-order valence-electron chi connectivity index (χ3n) is 8.46. The number of aromatic nitrogens is 6. The first-order chi connectivity index (χ1) is 23.9. The van der Waals surface area contributed by atoms with Crippen molar-refractivity contribution in [1.29, 1.82) is 0 Å². The fourth-order valence-corrected chi connectivity index (χ4v) is 6.83. The Hall–Kier alpha value is -4.82. The number of aromatic hydroxyl groups is 1. The van der Waals surface area contributed by atoms with Gasteiger partial charge in [0.15, 0.2) is 17.3 Å². The van der Waals surface area contributed by atoms with Gasteiger partial charge >= 0.3 is 10.2 Å². The first-order valence-electron chi connectivity index (χ1n) is 15.5. The van der Waals surface area contributed by atoms with Crippen LogP contribution in [0.25, 0.3) is 11.4 Å². The number of nitrogens with one attached hydrogen (secondary N) is 1. The smallest absolute Gasteiger partial charge is 0.310 e. The van der Waals surface area contributed by atoms with Gasteiger partial charge < -0.3 is 29.5 Å². The van der Waals surface area contributed by atoms with E-state index < -0.39 is 44.1 Å². The van der Waals surface area contributed by atoms with Crippen molar-refractivity contribution in [3.8, 4) is 5.75 Å². The maximum atomic E-state index is 14.1. The first kappa shape index (κ1) is 36.0. The van der Waals surface area contributed by atoms with E-state index in [9.17, 15) is 38.9 Å². The molecular formula is C30H31ClF5N9O5S. The molecule has 2 N–H and O–H groups in total. The molecule has 1 aromatic carbocycles. The number of ether oxygens (including phenoxy) is 1. The molecule has 1 fully saturated rings. The van der Waals surface area contributed by atoms with Gasteiger partial charge in [-0.2, -0.15) is 9.50 Å². The number of hydrogen-bond acceptors (Lipinski definition) is 10. The van der Waals surface area contributed by atoms with Crippen LogP contribution in [-0.4, -0.2) is 90.3 Å². The number of fused-ring (bicyclic) bond motifs is 1. The van der Waals surface area contributed by atoms with Crippen LogP contribution in [0.4, 0.5) is 30.8 Å². The Morgan fingerprint density at radius 3 is 2.45 bits per heavy atom. The standard InChI is InChI=1S/C30H31ClF5N9O5S/c1-3-22-25(42-8-10-43(11-9-42)28(48)24-26(47)17(2)37-16-38-24)29(49)45-30(40-27(41-45)18-6-12-50-13-7-18)44(22)15-23(46)39-21-5-4-19(14-20(21)31)51(32,33,34,35)36/h4-6,14,16,47H,3,7-13,15H2,1-2H3,(H,39,46). The van der Waals surface area contributed by atoms with Crippen LogP contribution in [0.15, 0.2) is 40.3 Å². The Kier molecular flexibility index (Phi) is 8.78. The average molecular weight is 760 g/mol. The highest BCUT2D eigenvalue weighted by molar-refractivity contribution is 8.45. The predicted octanol–water partition coefficient (Wildman–Crippen LogP) is 4.97. The Morgan fingerprint density at radius 1 is 1.10 bits per heavy atom. The van der Waals surface area contributed by atoms with Gasteiger partial charge in [-0.05, 0) is 43.5 Å². The van der Waals surface area contributed by atoms with E-state index in [1.807, 2.05) is 0 Å². The summed E-state index contributed by atoms with van der Waals surface area (Å²) in [4.78, 5) is 54.1. The van der Waals surface area contributed by atoms with Crippen LogP contribution in [0.1, 0.15) is 41.0 Å². The minimum Gasteiger partial charge on any atom is -0.504 e. The summed E-state index contributed by atoms with van der Waals surface area (Å²) in [5.74, 6) is -1.43. The van der Waals surface area contributed by atoms with Crippen LogP contribution in [0.5, 0.6) is 5.75 Å². The molecule has 21 heteroatoms. The van der Waals surface area contributed by atoms with Crippen LogP contribution in [0.2, 0.25) is 5.02 Å². The highest BCUT2D eigenvalue weighted by Crippen LogP contribution is 3.02. The largest absolute Gasteiger partial charge is 0.504 e.